The van der Waals surface area contributed by atoms with E-state index in [-0.39, 0.29) is 0 Å². The van der Waals surface area contributed by atoms with Gasteiger partial charge in [0.05, 0.1) is 11.4 Å². The van der Waals surface area contributed by atoms with Gasteiger partial charge in [0.25, 0.3) is 0 Å². The van der Waals surface area contributed by atoms with Crippen molar-refractivity contribution in [1.82, 2.24) is 15.0 Å². The van der Waals surface area contributed by atoms with E-state index in [0.717, 1.165) is 18.0 Å². The summed E-state index contributed by atoms with van der Waals surface area (Å²) in [5, 5.41) is 6.13. The topological polar surface area (TPSA) is 45.4 Å². The maximum absolute atomic E-state index is 5.45. The molecule has 0 bridgehead atoms. The highest BCUT2D eigenvalue weighted by atomic mass is 32.1. The SMILES string of the molecule is CN(Cc1nc(-c2cccs2)no1)C1CCCN(c2ccccc2)C1. The van der Waals surface area contributed by atoms with Gasteiger partial charge in [-0.1, -0.05) is 29.4 Å². The largest absolute Gasteiger partial charge is 0.370 e. The molecule has 3 aromatic rings. The first-order valence-corrected chi connectivity index (χ1v) is 9.54. The number of anilines is 1. The fraction of sp³-hybridized carbons (Fsp3) is 0.368. The molecule has 1 aliphatic heterocycles. The first kappa shape index (κ1) is 16.3. The number of rotatable bonds is 5. The molecule has 2 aromatic heterocycles. The molecular formula is C19H22N4OS. The number of aromatic nitrogens is 2. The van der Waals surface area contributed by atoms with Crippen LogP contribution in [0.3, 0.4) is 0 Å². The normalized spacial score (nSPS) is 18.0. The molecule has 1 saturated heterocycles. The molecule has 130 valence electrons. The number of para-hydroxylation sites is 1. The Morgan fingerprint density at radius 1 is 1.24 bits per heavy atom. The van der Waals surface area contributed by atoms with E-state index in [1.165, 1.54) is 18.5 Å². The number of hydrogen-bond acceptors (Lipinski definition) is 6. The summed E-state index contributed by atoms with van der Waals surface area (Å²) in [6.07, 6.45) is 2.40. The van der Waals surface area contributed by atoms with Gasteiger partial charge in [-0.05, 0) is 43.5 Å². The van der Waals surface area contributed by atoms with Crippen molar-refractivity contribution in [2.75, 3.05) is 25.0 Å². The molecule has 6 heteroatoms. The lowest BCUT2D eigenvalue weighted by Gasteiger charge is -2.38. The number of likely N-dealkylation sites (N-methyl/N-ethyl adjacent to an activating group) is 1. The fourth-order valence-corrected chi connectivity index (χ4v) is 4.00. The third-order valence-corrected chi connectivity index (χ3v) is 5.60. The van der Waals surface area contributed by atoms with Crippen LogP contribution in [-0.2, 0) is 6.54 Å². The molecule has 0 spiro atoms. The Kier molecular flexibility index (Phi) is 4.81. The van der Waals surface area contributed by atoms with Crippen LogP contribution in [0.15, 0.2) is 52.4 Å². The van der Waals surface area contributed by atoms with Crippen LogP contribution in [0.25, 0.3) is 10.7 Å². The Hall–Kier alpha value is -2.18. The summed E-state index contributed by atoms with van der Waals surface area (Å²) in [4.78, 5) is 10.4. The van der Waals surface area contributed by atoms with Gasteiger partial charge >= 0.3 is 0 Å². The quantitative estimate of drug-likeness (QED) is 0.695. The lowest BCUT2D eigenvalue weighted by Crippen LogP contribution is -2.46. The van der Waals surface area contributed by atoms with Crippen LogP contribution in [-0.4, -0.2) is 41.2 Å². The van der Waals surface area contributed by atoms with E-state index in [1.54, 1.807) is 11.3 Å². The number of thiophene rings is 1. The minimum atomic E-state index is 0.492. The summed E-state index contributed by atoms with van der Waals surface area (Å²) in [6.45, 7) is 2.84. The van der Waals surface area contributed by atoms with Crippen molar-refractivity contribution >= 4 is 17.0 Å². The molecule has 25 heavy (non-hydrogen) atoms. The summed E-state index contributed by atoms with van der Waals surface area (Å²) in [5.41, 5.74) is 1.30. The van der Waals surface area contributed by atoms with Gasteiger partial charge in [-0.2, -0.15) is 4.98 Å². The van der Waals surface area contributed by atoms with Crippen LogP contribution < -0.4 is 4.90 Å². The van der Waals surface area contributed by atoms with E-state index in [0.29, 0.717) is 24.3 Å². The van der Waals surface area contributed by atoms with E-state index in [9.17, 15) is 0 Å². The highest BCUT2D eigenvalue weighted by Gasteiger charge is 2.24. The third kappa shape index (κ3) is 3.75. The molecule has 5 nitrogen and oxygen atoms in total. The molecule has 1 unspecified atom stereocenters. The highest BCUT2D eigenvalue weighted by Crippen LogP contribution is 2.24. The predicted molar refractivity (Wildman–Crippen MR) is 101 cm³/mol. The van der Waals surface area contributed by atoms with Crippen molar-refractivity contribution in [1.29, 1.82) is 0 Å². The number of benzene rings is 1. The average Bonchev–Trinajstić information content (AvgIpc) is 3.34. The monoisotopic (exact) mass is 354 g/mol. The summed E-state index contributed by atoms with van der Waals surface area (Å²) in [5.74, 6) is 1.37. The Morgan fingerprint density at radius 3 is 2.92 bits per heavy atom. The zero-order valence-corrected chi connectivity index (χ0v) is 15.2. The van der Waals surface area contributed by atoms with Crippen molar-refractivity contribution in [3.05, 3.63) is 53.7 Å². The van der Waals surface area contributed by atoms with Gasteiger partial charge in [0.2, 0.25) is 11.7 Å². The van der Waals surface area contributed by atoms with E-state index in [2.05, 4.69) is 57.3 Å². The zero-order chi connectivity index (χ0) is 17.1. The van der Waals surface area contributed by atoms with Crippen LogP contribution in [0.1, 0.15) is 18.7 Å². The molecule has 0 saturated carbocycles. The molecule has 0 aliphatic carbocycles. The molecule has 1 aromatic carbocycles. The maximum atomic E-state index is 5.45. The summed E-state index contributed by atoms with van der Waals surface area (Å²) < 4.78 is 5.45. The minimum Gasteiger partial charge on any atom is -0.370 e. The van der Waals surface area contributed by atoms with Crippen LogP contribution in [0.4, 0.5) is 5.69 Å². The molecule has 3 heterocycles. The zero-order valence-electron chi connectivity index (χ0n) is 14.3. The fourth-order valence-electron chi connectivity index (χ4n) is 3.36. The molecule has 1 fully saturated rings. The van der Waals surface area contributed by atoms with E-state index < -0.39 is 0 Å². The Labute approximate surface area is 151 Å². The summed E-state index contributed by atoms with van der Waals surface area (Å²) >= 11 is 1.63. The molecular weight excluding hydrogens is 332 g/mol. The van der Waals surface area contributed by atoms with E-state index >= 15 is 0 Å². The number of nitrogens with zero attached hydrogens (tertiary/aromatic N) is 4. The lowest BCUT2D eigenvalue weighted by atomic mass is 10.0. The summed E-state index contributed by atoms with van der Waals surface area (Å²) in [7, 11) is 2.15. The number of piperidine rings is 1. The van der Waals surface area contributed by atoms with Crippen molar-refractivity contribution in [3.63, 3.8) is 0 Å². The average molecular weight is 354 g/mol. The van der Waals surface area contributed by atoms with Gasteiger partial charge in [0.15, 0.2) is 0 Å². The van der Waals surface area contributed by atoms with Crippen molar-refractivity contribution in [3.8, 4) is 10.7 Å². The number of hydrogen-bond donors (Lipinski definition) is 0. The second-order valence-corrected chi connectivity index (χ2v) is 7.43. The molecule has 0 amide bonds. The Morgan fingerprint density at radius 2 is 2.12 bits per heavy atom. The van der Waals surface area contributed by atoms with Crippen molar-refractivity contribution < 1.29 is 4.52 Å². The Bertz CT molecular complexity index is 787. The smallest absolute Gasteiger partial charge is 0.241 e. The van der Waals surface area contributed by atoms with Gasteiger partial charge in [-0.3, -0.25) is 4.90 Å². The highest BCUT2D eigenvalue weighted by molar-refractivity contribution is 7.13. The van der Waals surface area contributed by atoms with Crippen LogP contribution in [0.2, 0.25) is 0 Å². The van der Waals surface area contributed by atoms with Gasteiger partial charge in [0.1, 0.15) is 0 Å². The van der Waals surface area contributed by atoms with Crippen LogP contribution in [0.5, 0.6) is 0 Å². The van der Waals surface area contributed by atoms with Gasteiger partial charge < -0.3 is 9.42 Å². The van der Waals surface area contributed by atoms with Gasteiger partial charge in [-0.15, -0.1) is 11.3 Å². The van der Waals surface area contributed by atoms with E-state index in [1.807, 2.05) is 17.5 Å². The first-order chi connectivity index (χ1) is 12.3. The van der Waals surface area contributed by atoms with Crippen molar-refractivity contribution in [2.24, 2.45) is 0 Å². The van der Waals surface area contributed by atoms with Crippen molar-refractivity contribution in [2.45, 2.75) is 25.4 Å². The second-order valence-electron chi connectivity index (χ2n) is 6.48. The predicted octanol–water partition coefficient (Wildman–Crippen LogP) is 3.90. The van der Waals surface area contributed by atoms with Crippen LogP contribution in [0, 0.1) is 0 Å². The Balaban J connectivity index is 1.40. The molecule has 1 aliphatic rings. The van der Waals surface area contributed by atoms with Gasteiger partial charge in [0, 0.05) is 24.8 Å². The third-order valence-electron chi connectivity index (χ3n) is 4.74. The standard InChI is InChI=1S/C19H22N4OS/c1-22(14-18-20-19(21-24-18)17-10-6-12-25-17)16-9-5-11-23(13-16)15-7-3-2-4-8-15/h2-4,6-8,10,12,16H,5,9,11,13-14H2,1H3. The molecule has 0 radical (unpaired) electrons. The summed E-state index contributed by atoms with van der Waals surface area (Å²) in [6, 6.07) is 15.2. The second kappa shape index (κ2) is 7.37. The van der Waals surface area contributed by atoms with Crippen LogP contribution >= 0.6 is 11.3 Å². The minimum absolute atomic E-state index is 0.492. The molecule has 4 rings (SSSR count). The molecule has 1 atom stereocenters. The lowest BCUT2D eigenvalue weighted by molar-refractivity contribution is 0.184. The molecule has 0 N–H and O–H groups in total. The van der Waals surface area contributed by atoms with E-state index in [4.69, 9.17) is 4.52 Å². The maximum Gasteiger partial charge on any atom is 0.241 e. The van der Waals surface area contributed by atoms with Gasteiger partial charge in [-0.25, -0.2) is 0 Å². The first-order valence-electron chi connectivity index (χ1n) is 8.66.